The highest BCUT2D eigenvalue weighted by Crippen LogP contribution is 2.21. The smallest absolute Gasteiger partial charge is 0.104 e. The maximum Gasteiger partial charge on any atom is 0.104 e. The molecule has 5 heteroatoms. The Morgan fingerprint density at radius 1 is 0.538 bits per heavy atom. The monoisotopic (exact) mass is 579 g/mol. The summed E-state index contributed by atoms with van der Waals surface area (Å²) in [4.78, 5) is 0. The van der Waals surface area contributed by atoms with Crippen molar-refractivity contribution in [1.29, 1.82) is 0 Å². The molecule has 0 aliphatic heterocycles. The van der Waals surface area contributed by atoms with Crippen LogP contribution in [0.2, 0.25) is 21.4 Å². The summed E-state index contributed by atoms with van der Waals surface area (Å²) < 4.78 is 0.990. The number of nitrogens with zero attached hydrogens (tertiary/aromatic N) is 1. The second-order valence-corrected chi connectivity index (χ2v) is 12.8. The van der Waals surface area contributed by atoms with Crippen molar-refractivity contribution in [2.75, 3.05) is 21.1 Å². The van der Waals surface area contributed by atoms with Crippen LogP contribution in [0.1, 0.15) is 38.2 Å². The lowest BCUT2D eigenvalue weighted by atomic mass is 9.14. The van der Waals surface area contributed by atoms with E-state index in [4.69, 9.17) is 34.8 Å². The highest BCUT2D eigenvalue weighted by molar-refractivity contribution is 7.11. The normalized spacial score (nSPS) is 11.6. The Hall–Kier alpha value is -2.23. The fraction of sp³-hybridized carbons (Fsp3) is 0.294. The molecule has 0 aliphatic carbocycles. The third kappa shape index (κ3) is 9.43. The van der Waals surface area contributed by atoms with Gasteiger partial charge >= 0.3 is 0 Å². The molecule has 4 aromatic rings. The van der Waals surface area contributed by atoms with E-state index in [-0.39, 0.29) is 0 Å². The summed E-state index contributed by atoms with van der Waals surface area (Å²) in [6.07, 6.45) is 4.81. The molecule has 0 N–H and O–H groups in total. The number of hydrogen-bond acceptors (Lipinski definition) is 0. The first-order chi connectivity index (χ1) is 18.6. The first kappa shape index (κ1) is 31.3. The zero-order chi connectivity index (χ0) is 28.3. The predicted octanol–water partition coefficient (Wildman–Crippen LogP) is 8.59. The molecule has 0 heterocycles. The van der Waals surface area contributed by atoms with E-state index in [0.717, 1.165) is 32.4 Å². The average molecular weight is 581 g/mol. The summed E-state index contributed by atoms with van der Waals surface area (Å²) >= 11 is 18.6. The second kappa shape index (κ2) is 15.0. The predicted molar refractivity (Wildman–Crippen MR) is 176 cm³/mol. The number of quaternary nitrogens is 1. The molecule has 0 amide bonds. The van der Waals surface area contributed by atoms with Crippen LogP contribution < -0.4 is 16.4 Å². The molecule has 0 aliphatic rings. The Labute approximate surface area is 251 Å². The van der Waals surface area contributed by atoms with Crippen molar-refractivity contribution < 1.29 is 4.48 Å². The van der Waals surface area contributed by atoms with E-state index in [0.29, 0.717) is 0 Å². The number of hydrogen-bond donors (Lipinski definition) is 0. The van der Waals surface area contributed by atoms with Crippen LogP contribution in [0.4, 0.5) is 0 Å². The van der Waals surface area contributed by atoms with Gasteiger partial charge in [0.1, 0.15) is 6.54 Å². The minimum atomic E-state index is -1.15. The van der Waals surface area contributed by atoms with Gasteiger partial charge in [0, 0.05) is 20.6 Å². The van der Waals surface area contributed by atoms with Gasteiger partial charge in [0.2, 0.25) is 0 Å². The molecule has 0 saturated heterocycles. The lowest BCUT2D eigenvalue weighted by molar-refractivity contribution is -0.884. The van der Waals surface area contributed by atoms with Gasteiger partial charge in [0.15, 0.2) is 0 Å². The third-order valence-electron chi connectivity index (χ3n) is 7.31. The Bertz CT molecular complexity index is 1140. The van der Waals surface area contributed by atoms with Crippen LogP contribution in [0.15, 0.2) is 103 Å². The number of halogens is 3. The van der Waals surface area contributed by atoms with Crippen molar-refractivity contribution in [2.24, 2.45) is 0 Å². The fourth-order valence-corrected chi connectivity index (χ4v) is 5.84. The molecule has 0 aromatic heterocycles. The molecule has 0 bridgehead atoms. The van der Waals surface area contributed by atoms with Crippen molar-refractivity contribution in [3.63, 3.8) is 0 Å². The quantitative estimate of drug-likeness (QED) is 0.100. The highest BCUT2D eigenvalue weighted by atomic mass is 35.5. The third-order valence-corrected chi connectivity index (χ3v) is 8.06. The average Bonchev–Trinajstić information content (AvgIpc) is 2.91. The van der Waals surface area contributed by atoms with Crippen molar-refractivity contribution in [3.05, 3.63) is 124 Å². The van der Waals surface area contributed by atoms with E-state index in [1.807, 2.05) is 36.4 Å². The van der Waals surface area contributed by atoms with Gasteiger partial charge in [0.05, 0.1) is 27.3 Å². The molecule has 39 heavy (non-hydrogen) atoms. The van der Waals surface area contributed by atoms with Gasteiger partial charge in [-0.3, -0.25) is 0 Å². The Kier molecular flexibility index (Phi) is 12.0. The van der Waals surface area contributed by atoms with Crippen LogP contribution in [0, 0.1) is 0 Å². The Morgan fingerprint density at radius 2 is 0.949 bits per heavy atom. The lowest BCUT2D eigenvalue weighted by Gasteiger charge is -2.43. The van der Waals surface area contributed by atoms with Crippen LogP contribution in [0.5, 0.6) is 0 Å². The molecule has 0 unspecified atom stereocenters. The van der Waals surface area contributed by atoms with Gasteiger partial charge in [0.25, 0.3) is 0 Å². The molecular weight excluding hydrogens is 540 g/mol. The largest absolute Gasteiger partial charge is 0.327 e. The zero-order valence-electron chi connectivity index (χ0n) is 23.7. The first-order valence-electron chi connectivity index (χ1n) is 13.9. The summed E-state index contributed by atoms with van der Waals surface area (Å²) in [5, 5.41) is 2.27. The minimum absolute atomic E-state index is 0.756. The van der Waals surface area contributed by atoms with Crippen molar-refractivity contribution >= 4 is 57.3 Å². The van der Waals surface area contributed by atoms with Gasteiger partial charge in [-0.1, -0.05) is 134 Å². The van der Waals surface area contributed by atoms with Crippen molar-refractivity contribution in [3.8, 4) is 0 Å². The minimum Gasteiger partial charge on any atom is -0.327 e. The molecule has 0 saturated carbocycles. The summed E-state index contributed by atoms with van der Waals surface area (Å²) in [7, 11) is 6.60. The molecule has 1 nitrogen and oxygen atoms in total. The highest BCUT2D eigenvalue weighted by Gasteiger charge is 2.29. The maximum absolute atomic E-state index is 6.21. The molecule has 0 radical (unpaired) electrons. The van der Waals surface area contributed by atoms with Crippen LogP contribution >= 0.6 is 34.8 Å². The van der Waals surface area contributed by atoms with Gasteiger partial charge < -0.3 is 4.48 Å². The van der Waals surface area contributed by atoms with Crippen molar-refractivity contribution in [1.82, 2.24) is 0 Å². The van der Waals surface area contributed by atoms with Gasteiger partial charge in [-0.2, -0.15) is 22.7 Å². The summed E-state index contributed by atoms with van der Waals surface area (Å²) in [6.45, 7) is 3.34. The maximum atomic E-state index is 6.21. The first-order valence-corrected chi connectivity index (χ1v) is 15.1. The zero-order valence-corrected chi connectivity index (χ0v) is 26.0. The van der Waals surface area contributed by atoms with E-state index >= 15 is 0 Å². The van der Waals surface area contributed by atoms with E-state index in [9.17, 15) is 0 Å². The second-order valence-electron chi connectivity index (χ2n) is 11.5. The molecule has 0 fully saturated rings. The molecule has 0 atom stereocenters. The SMILES string of the molecule is CCCCCC[B-](c1ccc(Cl)cc1)(c1ccc(Cl)cc1)c1ccc(Cl)cc1.C[N+](C)(C)Cc1ccccc1. The number of benzene rings is 4. The van der Waals surface area contributed by atoms with Crippen molar-refractivity contribution in [2.45, 2.75) is 45.5 Å². The van der Waals surface area contributed by atoms with Crippen LogP contribution in [0.25, 0.3) is 0 Å². The van der Waals surface area contributed by atoms with Crippen LogP contribution in [-0.2, 0) is 6.54 Å². The molecular formula is C34H41BCl3N. The molecule has 0 spiro atoms. The topological polar surface area (TPSA) is 0 Å². The van der Waals surface area contributed by atoms with E-state index in [2.05, 4.69) is 94.8 Å². The van der Waals surface area contributed by atoms with E-state index in [1.54, 1.807) is 0 Å². The summed E-state index contributed by atoms with van der Waals surface area (Å²) in [5.41, 5.74) is 5.29. The molecule has 206 valence electrons. The lowest BCUT2D eigenvalue weighted by Crippen LogP contribution is -2.66. The molecule has 4 aromatic carbocycles. The summed E-state index contributed by atoms with van der Waals surface area (Å²) in [6, 6.07) is 35.6. The number of rotatable bonds is 10. The van der Waals surface area contributed by atoms with Gasteiger partial charge in [-0.15, -0.1) is 0 Å². The van der Waals surface area contributed by atoms with E-state index in [1.165, 1.54) is 47.6 Å². The standard InChI is InChI=1S/C24H25BCl3.C10H16N/c1-2-3-4-5-18-25(19-6-12-22(26)13-7-19,20-8-14-23(27)15-9-20)21-10-16-24(28)17-11-21;1-11(2,3)9-10-7-5-4-6-8-10/h6-17H,2-5,18H2,1H3;4-8H,9H2,1-3H3/q-1;+1. The van der Waals surface area contributed by atoms with E-state index < -0.39 is 6.15 Å². The van der Waals surface area contributed by atoms with Gasteiger partial charge in [-0.25, -0.2) is 0 Å². The Balaban J connectivity index is 0.000000320. The number of unbranched alkanes of at least 4 members (excludes halogenated alkanes) is 3. The fourth-order valence-electron chi connectivity index (χ4n) is 5.46. The van der Waals surface area contributed by atoms with Gasteiger partial charge in [-0.05, 0) is 36.4 Å². The summed E-state index contributed by atoms with van der Waals surface area (Å²) in [5.74, 6) is 0. The van der Waals surface area contributed by atoms with Crippen LogP contribution in [-0.4, -0.2) is 31.8 Å². The van der Waals surface area contributed by atoms with Crippen LogP contribution in [0.3, 0.4) is 0 Å². The molecule has 4 rings (SSSR count). The Morgan fingerprint density at radius 3 is 1.31 bits per heavy atom.